The zero-order chi connectivity index (χ0) is 19.3. The SMILES string of the molecule is CCCCCCCCCCCCCCCCCC(=O)CCN(C)CCO. The number of nitrogens with zero attached hydrogens (tertiary/aromatic N) is 1. The lowest BCUT2D eigenvalue weighted by molar-refractivity contribution is -0.119. The molecule has 0 atom stereocenters. The first kappa shape index (κ1) is 25.6. The van der Waals surface area contributed by atoms with Gasteiger partial charge in [-0.15, -0.1) is 0 Å². The topological polar surface area (TPSA) is 40.5 Å². The molecule has 156 valence electrons. The van der Waals surface area contributed by atoms with Gasteiger partial charge in [-0.3, -0.25) is 4.79 Å². The van der Waals surface area contributed by atoms with Crippen LogP contribution >= 0.6 is 0 Å². The van der Waals surface area contributed by atoms with Gasteiger partial charge >= 0.3 is 0 Å². The van der Waals surface area contributed by atoms with Gasteiger partial charge in [0.25, 0.3) is 0 Å². The Morgan fingerprint density at radius 1 is 0.654 bits per heavy atom. The van der Waals surface area contributed by atoms with Gasteiger partial charge < -0.3 is 10.0 Å². The van der Waals surface area contributed by atoms with Crippen LogP contribution in [0.15, 0.2) is 0 Å². The number of unbranched alkanes of at least 4 members (excludes halogenated alkanes) is 14. The van der Waals surface area contributed by atoms with Crippen LogP contribution in [0.1, 0.15) is 116 Å². The number of likely N-dealkylation sites (N-methyl/N-ethyl adjacent to an activating group) is 1. The maximum Gasteiger partial charge on any atom is 0.134 e. The lowest BCUT2D eigenvalue weighted by Gasteiger charge is -2.13. The van der Waals surface area contributed by atoms with E-state index in [9.17, 15) is 4.79 Å². The third-order valence-corrected chi connectivity index (χ3v) is 5.31. The molecule has 3 heteroatoms. The Bertz CT molecular complexity index is 294. The fraction of sp³-hybridized carbons (Fsp3) is 0.957. The van der Waals surface area contributed by atoms with Gasteiger partial charge in [0.1, 0.15) is 5.78 Å². The predicted octanol–water partition coefficient (Wildman–Crippen LogP) is 6.13. The molecule has 0 fully saturated rings. The minimum atomic E-state index is 0.170. The average molecular weight is 370 g/mol. The standard InChI is InChI=1S/C23H47NO2/c1-3-4-5-6-7-8-9-10-11-12-13-14-15-16-17-18-23(26)19-20-24(2)21-22-25/h25H,3-22H2,1-2H3. The van der Waals surface area contributed by atoms with Crippen molar-refractivity contribution < 1.29 is 9.90 Å². The van der Waals surface area contributed by atoms with E-state index >= 15 is 0 Å². The molecule has 1 N–H and O–H groups in total. The van der Waals surface area contributed by atoms with Crippen molar-refractivity contribution in [3.63, 3.8) is 0 Å². The number of ketones is 1. The highest BCUT2D eigenvalue weighted by Crippen LogP contribution is 2.13. The quantitative estimate of drug-likeness (QED) is 0.247. The van der Waals surface area contributed by atoms with Crippen molar-refractivity contribution in [3.05, 3.63) is 0 Å². The summed E-state index contributed by atoms with van der Waals surface area (Å²) in [5.74, 6) is 0.379. The zero-order valence-electron chi connectivity index (χ0n) is 17.9. The Morgan fingerprint density at radius 2 is 1.08 bits per heavy atom. The summed E-state index contributed by atoms with van der Waals surface area (Å²) in [5.41, 5.74) is 0. The van der Waals surface area contributed by atoms with E-state index in [1.807, 2.05) is 11.9 Å². The maximum absolute atomic E-state index is 11.8. The van der Waals surface area contributed by atoms with E-state index in [1.165, 1.54) is 89.9 Å². The molecule has 0 aliphatic heterocycles. The lowest BCUT2D eigenvalue weighted by Crippen LogP contribution is -2.24. The number of carbonyl (C=O) groups excluding carboxylic acids is 1. The van der Waals surface area contributed by atoms with Gasteiger partial charge in [0.2, 0.25) is 0 Å². The van der Waals surface area contributed by atoms with E-state index in [0.29, 0.717) is 18.7 Å². The van der Waals surface area contributed by atoms with Crippen molar-refractivity contribution in [3.8, 4) is 0 Å². The van der Waals surface area contributed by atoms with Crippen LogP contribution in [0.2, 0.25) is 0 Å². The van der Waals surface area contributed by atoms with Crippen molar-refractivity contribution in [2.24, 2.45) is 0 Å². The van der Waals surface area contributed by atoms with Gasteiger partial charge in [0.15, 0.2) is 0 Å². The van der Waals surface area contributed by atoms with Crippen molar-refractivity contribution >= 4 is 5.78 Å². The van der Waals surface area contributed by atoms with Crippen molar-refractivity contribution in [1.82, 2.24) is 4.90 Å². The smallest absolute Gasteiger partial charge is 0.134 e. The monoisotopic (exact) mass is 369 g/mol. The molecule has 3 nitrogen and oxygen atoms in total. The second kappa shape index (κ2) is 20.9. The number of Topliss-reactive ketones (excluding diaryl/α,β-unsaturated/α-hetero) is 1. The fourth-order valence-corrected chi connectivity index (χ4v) is 3.42. The summed E-state index contributed by atoms with van der Waals surface area (Å²) in [6, 6.07) is 0. The summed E-state index contributed by atoms with van der Waals surface area (Å²) in [7, 11) is 1.96. The summed E-state index contributed by atoms with van der Waals surface area (Å²) in [4.78, 5) is 13.8. The van der Waals surface area contributed by atoms with Gasteiger partial charge in [0, 0.05) is 25.9 Å². The maximum atomic E-state index is 11.8. The van der Waals surface area contributed by atoms with Crippen molar-refractivity contribution in [2.45, 2.75) is 116 Å². The summed E-state index contributed by atoms with van der Waals surface area (Å²) in [6.45, 7) is 3.88. The molecule has 0 aromatic rings. The van der Waals surface area contributed by atoms with Gasteiger partial charge in [-0.25, -0.2) is 0 Å². The highest BCUT2D eigenvalue weighted by atomic mass is 16.3. The molecule has 0 unspecified atom stereocenters. The molecular weight excluding hydrogens is 322 g/mol. The molecule has 0 amide bonds. The highest BCUT2D eigenvalue weighted by molar-refractivity contribution is 5.78. The van der Waals surface area contributed by atoms with E-state index < -0.39 is 0 Å². The van der Waals surface area contributed by atoms with Crippen LogP contribution < -0.4 is 0 Å². The fourth-order valence-electron chi connectivity index (χ4n) is 3.42. The lowest BCUT2D eigenvalue weighted by atomic mass is 10.0. The van der Waals surface area contributed by atoms with E-state index in [0.717, 1.165) is 19.4 Å². The minimum absolute atomic E-state index is 0.170. The van der Waals surface area contributed by atoms with Gasteiger partial charge in [-0.05, 0) is 13.5 Å². The molecule has 0 spiro atoms. The van der Waals surface area contributed by atoms with E-state index in [1.54, 1.807) is 0 Å². The summed E-state index contributed by atoms with van der Waals surface area (Å²) in [5, 5.41) is 8.83. The third-order valence-electron chi connectivity index (χ3n) is 5.31. The number of aliphatic hydroxyl groups is 1. The van der Waals surface area contributed by atoms with E-state index in [4.69, 9.17) is 5.11 Å². The highest BCUT2D eigenvalue weighted by Gasteiger charge is 2.04. The molecule has 0 radical (unpaired) electrons. The molecule has 0 aliphatic carbocycles. The second-order valence-corrected chi connectivity index (χ2v) is 8.02. The summed E-state index contributed by atoms with van der Waals surface area (Å²) in [6.07, 6.45) is 21.8. The molecule has 26 heavy (non-hydrogen) atoms. The molecule has 0 aromatic carbocycles. The predicted molar refractivity (Wildman–Crippen MR) is 114 cm³/mol. The van der Waals surface area contributed by atoms with Gasteiger partial charge in [0.05, 0.1) is 6.61 Å². The Balaban J connectivity index is 3.16. The normalized spacial score (nSPS) is 11.4. The van der Waals surface area contributed by atoms with Crippen LogP contribution in [0.3, 0.4) is 0 Å². The van der Waals surface area contributed by atoms with Crippen LogP contribution in [-0.2, 0) is 4.79 Å². The van der Waals surface area contributed by atoms with Crippen LogP contribution in [0.4, 0.5) is 0 Å². The molecular formula is C23H47NO2. The molecule has 0 aromatic heterocycles. The second-order valence-electron chi connectivity index (χ2n) is 8.02. The largest absolute Gasteiger partial charge is 0.395 e. The first-order valence-electron chi connectivity index (χ1n) is 11.5. The first-order valence-corrected chi connectivity index (χ1v) is 11.5. The van der Waals surface area contributed by atoms with Crippen LogP contribution in [-0.4, -0.2) is 42.5 Å². The number of rotatable bonds is 21. The first-order chi connectivity index (χ1) is 12.7. The minimum Gasteiger partial charge on any atom is -0.395 e. The molecule has 0 aliphatic rings. The molecule has 0 heterocycles. The Kier molecular flexibility index (Phi) is 20.6. The zero-order valence-corrected chi connectivity index (χ0v) is 17.9. The van der Waals surface area contributed by atoms with Crippen LogP contribution in [0.25, 0.3) is 0 Å². The molecule has 0 saturated carbocycles. The number of carbonyl (C=O) groups is 1. The van der Waals surface area contributed by atoms with E-state index in [-0.39, 0.29) is 6.61 Å². The third kappa shape index (κ3) is 19.9. The molecule has 0 saturated heterocycles. The Labute approximate surface area is 163 Å². The van der Waals surface area contributed by atoms with Crippen molar-refractivity contribution in [1.29, 1.82) is 0 Å². The average Bonchev–Trinajstić information content (AvgIpc) is 2.63. The van der Waals surface area contributed by atoms with Crippen molar-refractivity contribution in [2.75, 3.05) is 26.7 Å². The van der Waals surface area contributed by atoms with Gasteiger partial charge in [-0.1, -0.05) is 96.8 Å². The summed E-state index contributed by atoms with van der Waals surface area (Å²) < 4.78 is 0. The Morgan fingerprint density at radius 3 is 1.50 bits per heavy atom. The molecule has 0 rings (SSSR count). The Hall–Kier alpha value is -0.410. The van der Waals surface area contributed by atoms with Crippen LogP contribution in [0.5, 0.6) is 0 Å². The number of hydrogen-bond acceptors (Lipinski definition) is 3. The van der Waals surface area contributed by atoms with Crippen LogP contribution in [0, 0.1) is 0 Å². The number of hydrogen-bond donors (Lipinski definition) is 1. The number of aliphatic hydroxyl groups excluding tert-OH is 1. The summed E-state index contributed by atoms with van der Waals surface area (Å²) >= 11 is 0. The van der Waals surface area contributed by atoms with Gasteiger partial charge in [-0.2, -0.15) is 0 Å². The molecule has 0 bridgehead atoms. The van der Waals surface area contributed by atoms with E-state index in [2.05, 4.69) is 6.92 Å².